The zero-order chi connectivity index (χ0) is 15.6. The third kappa shape index (κ3) is 2.63. The second-order valence-electron chi connectivity index (χ2n) is 5.01. The van der Waals surface area contributed by atoms with E-state index < -0.39 is 16.4 Å². The number of aromatic hydroxyl groups is 1. The number of phenols is 1. The van der Waals surface area contributed by atoms with Gasteiger partial charge in [-0.25, -0.2) is 0 Å². The molecule has 0 bridgehead atoms. The molecule has 0 aliphatic rings. The minimum absolute atomic E-state index is 0.0157. The van der Waals surface area contributed by atoms with Crippen LogP contribution in [0.15, 0.2) is 36.4 Å². The first-order valence-corrected chi connectivity index (χ1v) is 6.52. The van der Waals surface area contributed by atoms with Gasteiger partial charge in [0, 0.05) is 6.07 Å². The molecule has 5 heteroatoms. The highest BCUT2D eigenvalue weighted by Crippen LogP contribution is 2.41. The number of nitro benzene ring substituents is 1. The molecule has 5 nitrogen and oxygen atoms in total. The van der Waals surface area contributed by atoms with Crippen LogP contribution in [0.4, 0.5) is 5.69 Å². The van der Waals surface area contributed by atoms with Gasteiger partial charge in [0.1, 0.15) is 0 Å². The number of benzene rings is 2. The molecule has 2 aromatic rings. The van der Waals surface area contributed by atoms with Crippen LogP contribution in [0.25, 0.3) is 11.1 Å². The van der Waals surface area contributed by atoms with E-state index in [0.29, 0.717) is 17.4 Å². The van der Waals surface area contributed by atoms with Crippen LogP contribution < -0.4 is 0 Å². The van der Waals surface area contributed by atoms with Crippen LogP contribution in [0.2, 0.25) is 0 Å². The molecule has 0 atom stereocenters. The zero-order valence-electron chi connectivity index (χ0n) is 11.7. The minimum atomic E-state index is -0.682. The Hall–Kier alpha value is -2.69. The number of phenolic OH excluding ortho intramolecular Hbond substituents is 1. The summed E-state index contributed by atoms with van der Waals surface area (Å²) in [6.45, 7) is 3.75. The number of aldehydes is 1. The van der Waals surface area contributed by atoms with Crippen molar-refractivity contribution in [1.82, 2.24) is 0 Å². The number of nitro groups is 1. The van der Waals surface area contributed by atoms with Crippen LogP contribution in [0.1, 0.15) is 35.7 Å². The highest BCUT2D eigenvalue weighted by Gasteiger charge is 2.25. The predicted octanol–water partition coefficient (Wildman–Crippen LogP) is 3.90. The molecule has 108 valence electrons. The molecule has 0 radical (unpaired) electrons. The normalized spacial score (nSPS) is 10.6. The molecule has 0 aromatic heterocycles. The van der Waals surface area contributed by atoms with E-state index in [9.17, 15) is 20.0 Å². The van der Waals surface area contributed by atoms with E-state index in [1.165, 1.54) is 6.07 Å². The van der Waals surface area contributed by atoms with E-state index >= 15 is 0 Å². The lowest BCUT2D eigenvalue weighted by molar-refractivity contribution is -0.385. The summed E-state index contributed by atoms with van der Waals surface area (Å²) >= 11 is 0. The summed E-state index contributed by atoms with van der Waals surface area (Å²) in [6, 6.07) is 10.4. The Morgan fingerprint density at radius 2 is 1.86 bits per heavy atom. The first-order chi connectivity index (χ1) is 9.97. The molecule has 21 heavy (non-hydrogen) atoms. The van der Waals surface area contributed by atoms with Crippen LogP contribution in [0, 0.1) is 10.1 Å². The topological polar surface area (TPSA) is 80.4 Å². The summed E-state index contributed by atoms with van der Waals surface area (Å²) in [4.78, 5) is 21.7. The minimum Gasteiger partial charge on any atom is -0.502 e. The maximum Gasteiger partial charge on any atom is 0.312 e. The molecule has 0 saturated heterocycles. The monoisotopic (exact) mass is 285 g/mol. The Morgan fingerprint density at radius 3 is 2.33 bits per heavy atom. The first kappa shape index (κ1) is 14.7. The van der Waals surface area contributed by atoms with Crippen LogP contribution in [0.5, 0.6) is 5.75 Å². The van der Waals surface area contributed by atoms with Gasteiger partial charge in [-0.2, -0.15) is 0 Å². The number of hydrogen-bond donors (Lipinski definition) is 1. The van der Waals surface area contributed by atoms with Crippen LogP contribution in [-0.4, -0.2) is 16.3 Å². The molecule has 2 aromatic carbocycles. The van der Waals surface area contributed by atoms with Crippen molar-refractivity contribution < 1.29 is 14.8 Å². The van der Waals surface area contributed by atoms with Crippen molar-refractivity contribution in [1.29, 1.82) is 0 Å². The van der Waals surface area contributed by atoms with Gasteiger partial charge in [-0.3, -0.25) is 14.9 Å². The van der Waals surface area contributed by atoms with Crippen molar-refractivity contribution in [2.75, 3.05) is 0 Å². The molecular weight excluding hydrogens is 270 g/mol. The average molecular weight is 285 g/mol. The highest BCUT2D eigenvalue weighted by molar-refractivity contribution is 5.90. The van der Waals surface area contributed by atoms with Gasteiger partial charge in [0.2, 0.25) is 5.75 Å². The molecule has 0 fully saturated rings. The molecule has 0 amide bonds. The van der Waals surface area contributed by atoms with Crippen molar-refractivity contribution in [2.45, 2.75) is 19.8 Å². The van der Waals surface area contributed by atoms with Gasteiger partial charge in [-0.1, -0.05) is 44.2 Å². The number of carbonyl (C=O) groups is 1. The van der Waals surface area contributed by atoms with Gasteiger partial charge in [-0.05, 0) is 22.6 Å². The first-order valence-electron chi connectivity index (χ1n) is 6.52. The third-order valence-corrected chi connectivity index (χ3v) is 3.34. The van der Waals surface area contributed by atoms with Crippen molar-refractivity contribution in [3.05, 3.63) is 57.6 Å². The maximum absolute atomic E-state index is 11.3. The molecular formula is C16H15NO4. The molecule has 0 heterocycles. The standard InChI is InChI=1S/C16H15NO4/c1-10(2)15-12(11-6-4-3-5-7-11)8-14(17(20)21)16(19)13(15)9-18/h3-10,19H,1-2H3. The largest absolute Gasteiger partial charge is 0.502 e. The van der Waals surface area contributed by atoms with E-state index in [0.717, 1.165) is 5.56 Å². The van der Waals surface area contributed by atoms with Crippen LogP contribution in [-0.2, 0) is 0 Å². The smallest absolute Gasteiger partial charge is 0.312 e. The molecule has 0 spiro atoms. The SMILES string of the molecule is CC(C)c1c(-c2ccccc2)cc([N+](=O)[O-])c(O)c1C=O. The Morgan fingerprint density at radius 1 is 1.24 bits per heavy atom. The fourth-order valence-electron chi connectivity index (χ4n) is 2.43. The molecule has 1 N–H and O–H groups in total. The Kier molecular flexibility index (Phi) is 4.03. The lowest BCUT2D eigenvalue weighted by atomic mass is 9.87. The van der Waals surface area contributed by atoms with Crippen LogP contribution >= 0.6 is 0 Å². The van der Waals surface area contributed by atoms with E-state index in [-0.39, 0.29) is 11.5 Å². The van der Waals surface area contributed by atoms with E-state index in [1.54, 1.807) is 0 Å². The van der Waals surface area contributed by atoms with Gasteiger partial charge in [-0.15, -0.1) is 0 Å². The quantitative estimate of drug-likeness (QED) is 0.524. The van der Waals surface area contributed by atoms with E-state index in [1.807, 2.05) is 44.2 Å². The molecule has 0 saturated carbocycles. The third-order valence-electron chi connectivity index (χ3n) is 3.34. The molecule has 2 rings (SSSR count). The fourth-order valence-corrected chi connectivity index (χ4v) is 2.43. The zero-order valence-corrected chi connectivity index (χ0v) is 11.7. The van der Waals surface area contributed by atoms with Crippen molar-refractivity contribution in [3.63, 3.8) is 0 Å². The van der Waals surface area contributed by atoms with Crippen LogP contribution in [0.3, 0.4) is 0 Å². The lowest BCUT2D eigenvalue weighted by Gasteiger charge is -2.16. The van der Waals surface area contributed by atoms with Gasteiger partial charge in [0.05, 0.1) is 10.5 Å². The van der Waals surface area contributed by atoms with Crippen molar-refractivity contribution >= 4 is 12.0 Å². The fraction of sp³-hybridized carbons (Fsp3) is 0.188. The molecule has 0 aliphatic heterocycles. The summed E-state index contributed by atoms with van der Waals surface area (Å²) in [5, 5.41) is 21.1. The summed E-state index contributed by atoms with van der Waals surface area (Å²) in [6.07, 6.45) is 0.476. The number of rotatable bonds is 4. The Labute approximate surface area is 122 Å². The second kappa shape index (κ2) is 5.75. The summed E-state index contributed by atoms with van der Waals surface area (Å²) in [7, 11) is 0. The summed E-state index contributed by atoms with van der Waals surface area (Å²) in [5.74, 6) is -0.634. The van der Waals surface area contributed by atoms with Gasteiger partial charge in [0.25, 0.3) is 0 Å². The van der Waals surface area contributed by atoms with Gasteiger partial charge >= 0.3 is 5.69 Å². The predicted molar refractivity (Wildman–Crippen MR) is 79.7 cm³/mol. The van der Waals surface area contributed by atoms with Gasteiger partial charge < -0.3 is 5.11 Å². The Balaban J connectivity index is 2.88. The number of carbonyl (C=O) groups excluding carboxylic acids is 1. The Bertz CT molecular complexity index is 693. The molecule has 0 aliphatic carbocycles. The van der Waals surface area contributed by atoms with E-state index in [4.69, 9.17) is 0 Å². The highest BCUT2D eigenvalue weighted by atomic mass is 16.6. The van der Waals surface area contributed by atoms with Crippen molar-refractivity contribution in [2.24, 2.45) is 0 Å². The number of nitrogens with zero attached hydrogens (tertiary/aromatic N) is 1. The van der Waals surface area contributed by atoms with E-state index in [2.05, 4.69) is 0 Å². The average Bonchev–Trinajstić information content (AvgIpc) is 2.47. The summed E-state index contributed by atoms with van der Waals surface area (Å²) in [5.41, 5.74) is 1.50. The number of hydrogen-bond acceptors (Lipinski definition) is 4. The lowest BCUT2D eigenvalue weighted by Crippen LogP contribution is -2.02. The molecule has 0 unspecified atom stereocenters. The van der Waals surface area contributed by atoms with Crippen molar-refractivity contribution in [3.8, 4) is 16.9 Å². The van der Waals surface area contributed by atoms with Gasteiger partial charge in [0.15, 0.2) is 6.29 Å². The maximum atomic E-state index is 11.3. The second-order valence-corrected chi connectivity index (χ2v) is 5.01. The summed E-state index contributed by atoms with van der Waals surface area (Å²) < 4.78 is 0.